The lowest BCUT2D eigenvalue weighted by atomic mass is 10.1. The van der Waals surface area contributed by atoms with E-state index in [2.05, 4.69) is 20.3 Å². The third-order valence-electron chi connectivity index (χ3n) is 4.86. The van der Waals surface area contributed by atoms with Crippen LogP contribution in [0, 0.1) is 0 Å². The average molecular weight is 379 g/mol. The van der Waals surface area contributed by atoms with Crippen LogP contribution >= 0.6 is 0 Å². The molecule has 0 unspecified atom stereocenters. The molecule has 1 N–H and O–H groups in total. The zero-order valence-corrected chi connectivity index (χ0v) is 15.5. The molecule has 3 aromatic heterocycles. The van der Waals surface area contributed by atoms with E-state index in [1.54, 1.807) is 40.2 Å². The van der Waals surface area contributed by atoms with Crippen LogP contribution in [0.5, 0.6) is 0 Å². The van der Waals surface area contributed by atoms with Crippen molar-refractivity contribution < 1.29 is 9.59 Å². The number of carbonyl (C=O) groups is 2. The first kappa shape index (κ1) is 17.9. The Kier molecular flexibility index (Phi) is 4.88. The van der Waals surface area contributed by atoms with Gasteiger partial charge in [-0.15, -0.1) is 0 Å². The molecule has 0 bridgehead atoms. The van der Waals surface area contributed by atoms with Gasteiger partial charge in [-0.05, 0) is 18.2 Å². The van der Waals surface area contributed by atoms with Crippen LogP contribution in [0.25, 0.3) is 5.78 Å². The molecular weight excluding hydrogens is 358 g/mol. The highest BCUT2D eigenvalue weighted by atomic mass is 16.2. The van der Waals surface area contributed by atoms with Gasteiger partial charge in [0.1, 0.15) is 5.69 Å². The number of imidazole rings is 1. The summed E-state index contributed by atoms with van der Waals surface area (Å²) in [6.07, 6.45) is 8.78. The zero-order valence-electron chi connectivity index (χ0n) is 15.5. The second-order valence-corrected chi connectivity index (χ2v) is 6.78. The molecule has 0 aliphatic carbocycles. The first-order valence-corrected chi connectivity index (χ1v) is 9.09. The van der Waals surface area contributed by atoms with E-state index in [9.17, 15) is 9.59 Å². The van der Waals surface area contributed by atoms with Crippen LogP contribution in [0.4, 0.5) is 5.69 Å². The van der Waals surface area contributed by atoms with Crippen molar-refractivity contribution in [2.75, 3.05) is 31.6 Å². The molecule has 0 radical (unpaired) electrons. The van der Waals surface area contributed by atoms with Crippen LogP contribution < -0.4 is 10.2 Å². The Morgan fingerprint density at radius 1 is 1.21 bits per heavy atom. The molecular formula is C19H21N7O2. The summed E-state index contributed by atoms with van der Waals surface area (Å²) in [6, 6.07) is 5.53. The maximum Gasteiger partial charge on any atom is 0.270 e. The smallest absolute Gasteiger partial charge is 0.270 e. The van der Waals surface area contributed by atoms with Crippen molar-refractivity contribution in [2.45, 2.75) is 12.5 Å². The molecule has 0 saturated carbocycles. The number of carbonyl (C=O) groups excluding carboxylic acids is 2. The minimum absolute atomic E-state index is 0.0448. The van der Waals surface area contributed by atoms with Crippen molar-refractivity contribution in [2.24, 2.45) is 0 Å². The third kappa shape index (κ3) is 3.64. The predicted octanol–water partition coefficient (Wildman–Crippen LogP) is 0.591. The highest BCUT2D eigenvalue weighted by molar-refractivity contribution is 5.93. The van der Waals surface area contributed by atoms with Gasteiger partial charge in [0.25, 0.3) is 5.91 Å². The summed E-state index contributed by atoms with van der Waals surface area (Å²) >= 11 is 0. The number of rotatable bonds is 6. The van der Waals surface area contributed by atoms with Gasteiger partial charge in [-0.2, -0.15) is 0 Å². The molecule has 1 saturated heterocycles. The monoisotopic (exact) mass is 379 g/mol. The maximum absolute atomic E-state index is 12.5. The molecule has 0 spiro atoms. The summed E-state index contributed by atoms with van der Waals surface area (Å²) in [5.41, 5.74) is 1.46. The van der Waals surface area contributed by atoms with Crippen molar-refractivity contribution >= 4 is 23.3 Å². The number of pyridine rings is 1. The molecule has 1 aliphatic heterocycles. The van der Waals surface area contributed by atoms with Crippen LogP contribution in [-0.2, 0) is 4.79 Å². The lowest BCUT2D eigenvalue weighted by molar-refractivity contribution is -0.135. The number of nitrogens with zero attached hydrogens (tertiary/aromatic N) is 6. The van der Waals surface area contributed by atoms with Crippen molar-refractivity contribution in [1.82, 2.24) is 29.6 Å². The van der Waals surface area contributed by atoms with Gasteiger partial charge < -0.3 is 15.1 Å². The molecule has 144 valence electrons. The summed E-state index contributed by atoms with van der Waals surface area (Å²) in [5.74, 6) is 0.358. The fourth-order valence-corrected chi connectivity index (χ4v) is 3.18. The highest BCUT2D eigenvalue weighted by Crippen LogP contribution is 2.14. The number of anilines is 1. The summed E-state index contributed by atoms with van der Waals surface area (Å²) in [5, 5.41) is 2.95. The number of hydrogen-bond donors (Lipinski definition) is 1. The number of hydrogen-bond acceptors (Lipinski definition) is 6. The molecule has 2 amide bonds. The summed E-state index contributed by atoms with van der Waals surface area (Å²) in [7, 11) is 1.95. The lowest BCUT2D eigenvalue weighted by Gasteiger charge is -2.39. The van der Waals surface area contributed by atoms with Crippen molar-refractivity contribution in [3.63, 3.8) is 0 Å². The molecule has 0 aromatic carbocycles. The summed E-state index contributed by atoms with van der Waals surface area (Å²) in [6.45, 7) is 1.68. The van der Waals surface area contributed by atoms with E-state index in [-0.39, 0.29) is 17.9 Å². The predicted molar refractivity (Wildman–Crippen MR) is 103 cm³/mol. The molecule has 28 heavy (non-hydrogen) atoms. The Morgan fingerprint density at radius 2 is 2.00 bits per heavy atom. The summed E-state index contributed by atoms with van der Waals surface area (Å²) < 4.78 is 1.64. The molecule has 4 rings (SSSR count). The average Bonchev–Trinajstić information content (AvgIpc) is 3.13. The first-order valence-electron chi connectivity index (χ1n) is 9.09. The van der Waals surface area contributed by atoms with E-state index < -0.39 is 0 Å². The van der Waals surface area contributed by atoms with Crippen molar-refractivity contribution in [1.29, 1.82) is 0 Å². The quantitative estimate of drug-likeness (QED) is 0.674. The first-order chi connectivity index (χ1) is 13.6. The SMILES string of the molecule is CN(CCC(=O)N1CC(NC(=O)c2cnc3ncccn23)C1)c1ccncc1. The minimum atomic E-state index is -0.213. The molecule has 3 aromatic rings. The Morgan fingerprint density at radius 3 is 2.79 bits per heavy atom. The van der Waals surface area contributed by atoms with Crippen LogP contribution in [0.1, 0.15) is 16.9 Å². The topological polar surface area (TPSA) is 95.7 Å². The van der Waals surface area contributed by atoms with Gasteiger partial charge in [0.05, 0.1) is 12.2 Å². The minimum Gasteiger partial charge on any atom is -0.374 e. The number of likely N-dealkylation sites (tertiary alicyclic amines) is 1. The fourth-order valence-electron chi connectivity index (χ4n) is 3.18. The zero-order chi connectivity index (χ0) is 19.5. The van der Waals surface area contributed by atoms with E-state index in [1.165, 1.54) is 6.20 Å². The van der Waals surface area contributed by atoms with Gasteiger partial charge in [0.2, 0.25) is 11.7 Å². The number of fused-ring (bicyclic) bond motifs is 1. The van der Waals surface area contributed by atoms with Crippen LogP contribution in [0.2, 0.25) is 0 Å². The Hall–Kier alpha value is -3.49. The van der Waals surface area contributed by atoms with E-state index >= 15 is 0 Å². The molecule has 1 fully saturated rings. The maximum atomic E-state index is 12.5. The van der Waals surface area contributed by atoms with Crippen LogP contribution in [-0.4, -0.2) is 68.8 Å². The number of aromatic nitrogens is 4. The van der Waals surface area contributed by atoms with E-state index in [0.717, 1.165) is 5.69 Å². The largest absolute Gasteiger partial charge is 0.374 e. The Balaban J connectivity index is 1.24. The Bertz CT molecular complexity index is 982. The number of amides is 2. The standard InChI is InChI=1S/C19H21N7O2/c1-24(15-3-7-20-8-4-15)10-5-17(27)25-12-14(13-25)23-18(28)16-11-22-19-21-6-2-9-26(16)19/h2-4,6-9,11,14H,5,10,12-13H2,1H3,(H,23,28). The number of nitrogens with one attached hydrogen (secondary N) is 1. The molecule has 1 aliphatic rings. The van der Waals surface area contributed by atoms with E-state index in [4.69, 9.17) is 0 Å². The van der Waals surface area contributed by atoms with E-state index in [1.807, 2.05) is 24.1 Å². The lowest BCUT2D eigenvalue weighted by Crippen LogP contribution is -2.61. The second-order valence-electron chi connectivity index (χ2n) is 6.78. The molecule has 0 atom stereocenters. The Labute approximate surface area is 162 Å². The van der Waals surface area contributed by atoms with Gasteiger partial charge in [-0.3, -0.25) is 19.0 Å². The van der Waals surface area contributed by atoms with Gasteiger partial charge in [0, 0.05) is 63.6 Å². The van der Waals surface area contributed by atoms with Crippen molar-refractivity contribution in [3.8, 4) is 0 Å². The van der Waals surface area contributed by atoms with E-state index in [0.29, 0.717) is 37.5 Å². The van der Waals surface area contributed by atoms with Gasteiger partial charge in [-0.25, -0.2) is 9.97 Å². The molecule has 9 nitrogen and oxygen atoms in total. The van der Waals surface area contributed by atoms with Crippen molar-refractivity contribution in [3.05, 3.63) is 54.9 Å². The van der Waals surface area contributed by atoms with Gasteiger partial charge >= 0.3 is 0 Å². The fraction of sp³-hybridized carbons (Fsp3) is 0.316. The van der Waals surface area contributed by atoms with Gasteiger partial charge in [-0.1, -0.05) is 0 Å². The molecule has 9 heteroatoms. The third-order valence-corrected chi connectivity index (χ3v) is 4.86. The van der Waals surface area contributed by atoms with Crippen LogP contribution in [0.3, 0.4) is 0 Å². The normalized spacial score (nSPS) is 14.0. The molecule has 4 heterocycles. The van der Waals surface area contributed by atoms with Gasteiger partial charge in [0.15, 0.2) is 0 Å². The second kappa shape index (κ2) is 7.63. The van der Waals surface area contributed by atoms with Crippen LogP contribution in [0.15, 0.2) is 49.2 Å². The summed E-state index contributed by atoms with van der Waals surface area (Å²) in [4.78, 5) is 40.8. The highest BCUT2D eigenvalue weighted by Gasteiger charge is 2.32.